The molecular formula is C6H3I2N3. The van der Waals surface area contributed by atoms with E-state index in [4.69, 9.17) is 0 Å². The van der Waals surface area contributed by atoms with Gasteiger partial charge in [0.25, 0.3) is 0 Å². The Hall–Kier alpha value is 0.0800. The predicted octanol–water partition coefficient (Wildman–Crippen LogP) is 2.17. The maximum Gasteiger partial charge on any atom is 0.179 e. The molecule has 0 saturated carbocycles. The van der Waals surface area contributed by atoms with E-state index >= 15 is 0 Å². The lowest BCUT2D eigenvalue weighted by Crippen LogP contribution is -1.79. The number of fused-ring (bicyclic) bond motifs is 1. The minimum absolute atomic E-state index is 0.793. The van der Waals surface area contributed by atoms with Gasteiger partial charge in [0, 0.05) is 0 Å². The van der Waals surface area contributed by atoms with Crippen LogP contribution in [0.5, 0.6) is 0 Å². The lowest BCUT2D eigenvalue weighted by molar-refractivity contribution is 1.23. The molecule has 2 aromatic heterocycles. The van der Waals surface area contributed by atoms with E-state index in [0.717, 1.165) is 18.7 Å². The topological polar surface area (TPSA) is 41.6 Å². The summed E-state index contributed by atoms with van der Waals surface area (Å²) in [5.41, 5.74) is 1.79. The van der Waals surface area contributed by atoms with Crippen molar-refractivity contribution >= 4 is 56.3 Å². The molecule has 0 fully saturated rings. The van der Waals surface area contributed by atoms with Gasteiger partial charge in [-0.25, -0.2) is 9.97 Å². The first-order valence-corrected chi connectivity index (χ1v) is 5.09. The van der Waals surface area contributed by atoms with Crippen molar-refractivity contribution in [3.8, 4) is 0 Å². The first-order chi connectivity index (χ1) is 5.25. The second-order valence-corrected chi connectivity index (χ2v) is 4.16. The van der Waals surface area contributed by atoms with E-state index in [-0.39, 0.29) is 0 Å². The summed E-state index contributed by atoms with van der Waals surface area (Å²) in [7, 11) is 0. The van der Waals surface area contributed by atoms with Crippen LogP contribution in [0.2, 0.25) is 0 Å². The van der Waals surface area contributed by atoms with Crippen LogP contribution in [0.15, 0.2) is 12.1 Å². The van der Waals surface area contributed by atoms with E-state index < -0.39 is 0 Å². The molecule has 0 saturated heterocycles. The number of pyridine rings is 1. The number of rotatable bonds is 0. The van der Waals surface area contributed by atoms with Crippen LogP contribution in [0.1, 0.15) is 0 Å². The van der Waals surface area contributed by atoms with Gasteiger partial charge in [0.05, 0.1) is 5.52 Å². The number of hydrogen-bond donors (Lipinski definition) is 1. The van der Waals surface area contributed by atoms with Crippen LogP contribution >= 0.6 is 45.2 Å². The Kier molecular flexibility index (Phi) is 2.00. The molecule has 0 aromatic carbocycles. The molecule has 0 aliphatic carbocycles. The number of nitrogens with one attached hydrogen (secondary N) is 1. The minimum Gasteiger partial charge on any atom is -0.332 e. The molecule has 1 N–H and O–H groups in total. The average Bonchev–Trinajstić information content (AvgIpc) is 2.27. The third-order valence-corrected chi connectivity index (χ3v) is 2.39. The smallest absolute Gasteiger partial charge is 0.179 e. The molecule has 0 aliphatic heterocycles. The largest absolute Gasteiger partial charge is 0.332 e. The van der Waals surface area contributed by atoms with E-state index in [1.807, 2.05) is 12.1 Å². The van der Waals surface area contributed by atoms with Crippen molar-refractivity contribution in [2.45, 2.75) is 0 Å². The number of hydrogen-bond acceptors (Lipinski definition) is 2. The predicted molar refractivity (Wildman–Crippen MR) is 59.3 cm³/mol. The Morgan fingerprint density at radius 1 is 1.18 bits per heavy atom. The van der Waals surface area contributed by atoms with Crippen LogP contribution in [-0.2, 0) is 0 Å². The van der Waals surface area contributed by atoms with Gasteiger partial charge in [-0.05, 0) is 57.3 Å². The van der Waals surface area contributed by atoms with Gasteiger partial charge in [-0.3, -0.25) is 0 Å². The number of nitrogens with zero attached hydrogens (tertiary/aromatic N) is 2. The van der Waals surface area contributed by atoms with Gasteiger partial charge < -0.3 is 4.98 Å². The van der Waals surface area contributed by atoms with Crippen LogP contribution < -0.4 is 0 Å². The molecule has 2 rings (SSSR count). The molecule has 0 bridgehead atoms. The van der Waals surface area contributed by atoms with E-state index in [2.05, 4.69) is 60.1 Å². The Balaban J connectivity index is 2.82. The van der Waals surface area contributed by atoms with Crippen LogP contribution in [-0.4, -0.2) is 15.0 Å². The molecule has 11 heavy (non-hydrogen) atoms. The zero-order valence-electron chi connectivity index (χ0n) is 5.31. The van der Waals surface area contributed by atoms with Crippen molar-refractivity contribution in [2.75, 3.05) is 0 Å². The van der Waals surface area contributed by atoms with E-state index in [0.29, 0.717) is 0 Å². The molecule has 0 atom stereocenters. The SMILES string of the molecule is Ic1ccc2[nH]c(I)nc2n1. The van der Waals surface area contributed by atoms with Crippen LogP contribution in [0.25, 0.3) is 11.2 Å². The molecule has 0 amide bonds. The normalized spacial score (nSPS) is 10.7. The summed E-state index contributed by atoms with van der Waals surface area (Å²) < 4.78 is 1.85. The monoisotopic (exact) mass is 371 g/mol. The highest BCUT2D eigenvalue weighted by atomic mass is 127. The summed E-state index contributed by atoms with van der Waals surface area (Å²) in [5, 5.41) is 0. The summed E-state index contributed by atoms with van der Waals surface area (Å²) >= 11 is 4.31. The number of aromatic amines is 1. The summed E-state index contributed by atoms with van der Waals surface area (Å²) in [5.74, 6) is 0. The van der Waals surface area contributed by atoms with Crippen LogP contribution in [0.3, 0.4) is 0 Å². The van der Waals surface area contributed by atoms with Gasteiger partial charge in [-0.1, -0.05) is 0 Å². The van der Waals surface area contributed by atoms with Crippen LogP contribution in [0, 0.1) is 7.53 Å². The maximum atomic E-state index is 4.24. The number of halogens is 2. The molecule has 2 heterocycles. The van der Waals surface area contributed by atoms with Crippen molar-refractivity contribution in [3.63, 3.8) is 0 Å². The molecule has 3 nitrogen and oxygen atoms in total. The third-order valence-electron chi connectivity index (χ3n) is 1.28. The highest BCUT2D eigenvalue weighted by molar-refractivity contribution is 14.1. The summed E-state index contributed by atoms with van der Waals surface area (Å²) in [6.07, 6.45) is 0. The summed E-state index contributed by atoms with van der Waals surface area (Å²) in [4.78, 5) is 11.5. The fourth-order valence-electron chi connectivity index (χ4n) is 0.840. The van der Waals surface area contributed by atoms with Gasteiger partial charge in [0.15, 0.2) is 9.48 Å². The molecule has 0 spiro atoms. The average molecular weight is 371 g/mol. The van der Waals surface area contributed by atoms with Crippen molar-refractivity contribution in [3.05, 3.63) is 19.7 Å². The zero-order valence-corrected chi connectivity index (χ0v) is 9.62. The first-order valence-electron chi connectivity index (χ1n) is 2.93. The third kappa shape index (κ3) is 1.48. The van der Waals surface area contributed by atoms with E-state index in [1.165, 1.54) is 0 Å². The second-order valence-electron chi connectivity index (χ2n) is 2.03. The molecule has 0 unspecified atom stereocenters. The van der Waals surface area contributed by atoms with Gasteiger partial charge in [0.1, 0.15) is 3.70 Å². The number of H-pyrrole nitrogens is 1. The fourth-order valence-corrected chi connectivity index (χ4v) is 1.77. The highest BCUT2D eigenvalue weighted by Gasteiger charge is 2.00. The second kappa shape index (κ2) is 2.85. The van der Waals surface area contributed by atoms with Gasteiger partial charge in [-0.15, -0.1) is 0 Å². The Morgan fingerprint density at radius 3 is 2.82 bits per heavy atom. The van der Waals surface area contributed by atoms with Crippen molar-refractivity contribution in [2.24, 2.45) is 0 Å². The summed E-state index contributed by atoms with van der Waals surface area (Å²) in [6, 6.07) is 3.94. The fraction of sp³-hybridized carbons (Fsp3) is 0. The lowest BCUT2D eigenvalue weighted by Gasteiger charge is -1.86. The minimum atomic E-state index is 0.793. The van der Waals surface area contributed by atoms with Crippen LogP contribution in [0.4, 0.5) is 0 Å². The standard InChI is InChI=1S/C6H3I2N3/c7-4-2-1-3-5(10-4)11-6(8)9-3/h1-2H,(H,9,10,11). The maximum absolute atomic E-state index is 4.24. The Morgan fingerprint density at radius 2 is 2.00 bits per heavy atom. The van der Waals surface area contributed by atoms with Crippen molar-refractivity contribution in [1.29, 1.82) is 0 Å². The molecule has 0 aliphatic rings. The van der Waals surface area contributed by atoms with E-state index in [1.54, 1.807) is 0 Å². The lowest BCUT2D eigenvalue weighted by atomic mass is 10.4. The van der Waals surface area contributed by atoms with E-state index in [9.17, 15) is 0 Å². The first kappa shape index (κ1) is 7.71. The van der Waals surface area contributed by atoms with Gasteiger partial charge >= 0.3 is 0 Å². The molecule has 0 radical (unpaired) electrons. The molecular weight excluding hydrogens is 368 g/mol. The highest BCUT2D eigenvalue weighted by Crippen LogP contribution is 2.11. The van der Waals surface area contributed by atoms with Gasteiger partial charge in [-0.2, -0.15) is 0 Å². The summed E-state index contributed by atoms with van der Waals surface area (Å²) in [6.45, 7) is 0. The molecule has 56 valence electrons. The number of imidazole rings is 1. The molecule has 5 heteroatoms. The van der Waals surface area contributed by atoms with Crippen molar-refractivity contribution in [1.82, 2.24) is 15.0 Å². The Labute approximate surface area is 90.3 Å². The quantitative estimate of drug-likeness (QED) is 0.570. The molecule has 2 aromatic rings. The van der Waals surface area contributed by atoms with Gasteiger partial charge in [0.2, 0.25) is 0 Å². The number of aromatic nitrogens is 3. The van der Waals surface area contributed by atoms with Crippen molar-refractivity contribution < 1.29 is 0 Å². The zero-order chi connectivity index (χ0) is 7.84. The Bertz CT molecular complexity index is 396.